The summed E-state index contributed by atoms with van der Waals surface area (Å²) in [6, 6.07) is 9.83. The lowest BCUT2D eigenvalue weighted by atomic mass is 10.1. The van der Waals surface area contributed by atoms with Gasteiger partial charge in [0.25, 0.3) is 0 Å². The highest BCUT2D eigenvalue weighted by Gasteiger charge is 2.16. The summed E-state index contributed by atoms with van der Waals surface area (Å²) in [4.78, 5) is 8.77. The summed E-state index contributed by atoms with van der Waals surface area (Å²) in [5.74, 6) is 3.23. The van der Waals surface area contributed by atoms with Gasteiger partial charge in [0.05, 0.1) is 11.4 Å². The quantitative estimate of drug-likeness (QED) is 0.247. The number of nitrogens with zero attached hydrogens (tertiary/aromatic N) is 3. The number of thioether (sulfide) groups is 1. The van der Waals surface area contributed by atoms with Gasteiger partial charge < -0.3 is 5.73 Å². The van der Waals surface area contributed by atoms with Crippen molar-refractivity contribution < 1.29 is 0 Å². The Hall–Kier alpha value is -2.81. The fraction of sp³-hybridized carbons (Fsp3) is 0.125. The number of thiocarbonyl (C=S) groups is 1. The van der Waals surface area contributed by atoms with Gasteiger partial charge in [-0.05, 0) is 19.1 Å². The van der Waals surface area contributed by atoms with Crippen LogP contribution in [0, 0.1) is 30.6 Å². The van der Waals surface area contributed by atoms with Crippen LogP contribution in [0.15, 0.2) is 29.4 Å². The third kappa shape index (κ3) is 4.35. The van der Waals surface area contributed by atoms with E-state index in [0.29, 0.717) is 16.6 Å². The molecule has 1 heterocycles. The Labute approximate surface area is 149 Å². The minimum Gasteiger partial charge on any atom is -0.375 e. The Kier molecular flexibility index (Phi) is 5.96. The van der Waals surface area contributed by atoms with Gasteiger partial charge >= 0.3 is 0 Å². The maximum Gasteiger partial charge on any atom is 0.191 e. The summed E-state index contributed by atoms with van der Waals surface area (Å²) in [5.41, 5.74) is 13.5. The summed E-state index contributed by atoms with van der Waals surface area (Å²) in [6.07, 6.45) is 5.29. The molecule has 0 atom stereocenters. The normalized spacial score (nSPS) is 9.62. The highest BCUT2D eigenvalue weighted by molar-refractivity contribution is 7.99. The smallest absolute Gasteiger partial charge is 0.191 e. The number of nitrogens with two attached hydrogens (primary N) is 1. The highest BCUT2D eigenvalue weighted by Crippen LogP contribution is 2.28. The number of rotatable bonds is 5. The van der Waals surface area contributed by atoms with E-state index < -0.39 is 0 Å². The summed E-state index contributed by atoms with van der Waals surface area (Å²) in [7, 11) is 0. The van der Waals surface area contributed by atoms with E-state index in [4.69, 9.17) is 24.4 Å². The zero-order chi connectivity index (χ0) is 17.5. The van der Waals surface area contributed by atoms with Crippen molar-refractivity contribution in [1.82, 2.24) is 15.4 Å². The van der Waals surface area contributed by atoms with Crippen molar-refractivity contribution in [3.63, 3.8) is 0 Å². The molecule has 2 aromatic rings. The number of nitriles is 1. The number of nitrogens with one attached hydrogen (secondary N) is 2. The zero-order valence-electron chi connectivity index (χ0n) is 12.8. The molecule has 1 aromatic heterocycles. The third-order valence-corrected chi connectivity index (χ3v) is 3.77. The van der Waals surface area contributed by atoms with Gasteiger partial charge in [0.15, 0.2) is 16.1 Å². The molecular formula is C16H14N6S2. The van der Waals surface area contributed by atoms with E-state index in [1.165, 1.54) is 11.8 Å². The van der Waals surface area contributed by atoms with Crippen LogP contribution >= 0.6 is 24.0 Å². The molecule has 6 nitrogen and oxygen atoms in total. The van der Waals surface area contributed by atoms with Crippen molar-refractivity contribution >= 4 is 34.9 Å². The number of aromatic nitrogens is 2. The van der Waals surface area contributed by atoms with Gasteiger partial charge in [-0.2, -0.15) is 5.26 Å². The molecule has 0 aliphatic heterocycles. The van der Waals surface area contributed by atoms with Gasteiger partial charge in [-0.3, -0.25) is 10.9 Å². The number of anilines is 1. The van der Waals surface area contributed by atoms with Crippen molar-refractivity contribution in [3.05, 3.63) is 35.4 Å². The van der Waals surface area contributed by atoms with Crippen LogP contribution in [0.1, 0.15) is 11.1 Å². The molecule has 0 amide bonds. The number of hydrazine groups is 1. The van der Waals surface area contributed by atoms with Crippen LogP contribution in [0.2, 0.25) is 0 Å². The lowest BCUT2D eigenvalue weighted by Crippen LogP contribution is -2.34. The topological polar surface area (TPSA) is 99.6 Å². The van der Waals surface area contributed by atoms with E-state index in [9.17, 15) is 5.26 Å². The largest absolute Gasteiger partial charge is 0.375 e. The van der Waals surface area contributed by atoms with Crippen molar-refractivity contribution in [3.8, 4) is 29.7 Å². The summed E-state index contributed by atoms with van der Waals surface area (Å²) in [6.45, 7) is 1.99. The van der Waals surface area contributed by atoms with Crippen LogP contribution in [0.3, 0.4) is 0 Å². The molecule has 0 unspecified atom stereocenters. The lowest BCUT2D eigenvalue weighted by Gasteiger charge is -2.13. The van der Waals surface area contributed by atoms with Crippen molar-refractivity contribution in [2.75, 3.05) is 11.2 Å². The van der Waals surface area contributed by atoms with Gasteiger partial charge in [0.1, 0.15) is 11.6 Å². The van der Waals surface area contributed by atoms with E-state index in [1.807, 2.05) is 31.2 Å². The SMILES string of the molecule is C#CCSc1nc(NNC(N)=S)c(C#N)c(-c2ccc(C)cc2)n1. The van der Waals surface area contributed by atoms with Crippen LogP contribution in [0.5, 0.6) is 0 Å². The minimum atomic E-state index is 0.0345. The highest BCUT2D eigenvalue weighted by atomic mass is 32.2. The molecule has 4 N–H and O–H groups in total. The van der Waals surface area contributed by atoms with Gasteiger partial charge in [-0.25, -0.2) is 9.97 Å². The van der Waals surface area contributed by atoms with Crippen LogP contribution in [0.4, 0.5) is 5.82 Å². The summed E-state index contributed by atoms with van der Waals surface area (Å²) < 4.78 is 0. The number of hydrogen-bond acceptors (Lipinski definition) is 6. The molecular weight excluding hydrogens is 340 g/mol. The molecule has 1 aromatic carbocycles. The summed E-state index contributed by atoms with van der Waals surface area (Å²) >= 11 is 6.06. The Morgan fingerprint density at radius 3 is 2.67 bits per heavy atom. The van der Waals surface area contributed by atoms with E-state index in [1.54, 1.807) is 0 Å². The van der Waals surface area contributed by atoms with Crippen LogP contribution in [-0.2, 0) is 0 Å². The Bertz CT molecular complexity index is 833. The van der Waals surface area contributed by atoms with Crippen LogP contribution in [-0.4, -0.2) is 20.8 Å². The van der Waals surface area contributed by atoms with Gasteiger partial charge in [-0.15, -0.1) is 6.42 Å². The minimum absolute atomic E-state index is 0.0345. The van der Waals surface area contributed by atoms with Gasteiger partial charge in [0.2, 0.25) is 0 Å². The monoisotopic (exact) mass is 354 g/mol. The summed E-state index contributed by atoms with van der Waals surface area (Å²) in [5, 5.41) is 10.0. The fourth-order valence-corrected chi connectivity index (χ4v) is 2.42. The average molecular weight is 354 g/mol. The third-order valence-electron chi connectivity index (χ3n) is 2.91. The standard InChI is InChI=1S/C16H14N6S2/c1-3-8-24-16-19-13(11-6-4-10(2)5-7-11)12(9-17)14(20-16)21-22-15(18)23/h1,4-7H,8H2,2H3,(H3,18,22,23)(H,19,20,21). The first kappa shape index (κ1) is 17.5. The molecule has 0 bridgehead atoms. The Morgan fingerprint density at radius 1 is 1.38 bits per heavy atom. The molecule has 0 aliphatic carbocycles. The predicted octanol–water partition coefficient (Wildman–Crippen LogP) is 2.21. The molecule has 0 spiro atoms. The number of benzene rings is 1. The Morgan fingerprint density at radius 2 is 2.08 bits per heavy atom. The lowest BCUT2D eigenvalue weighted by molar-refractivity contribution is 0.947. The second-order valence-corrected chi connectivity index (χ2v) is 6.05. The van der Waals surface area contributed by atoms with E-state index >= 15 is 0 Å². The predicted molar refractivity (Wildman–Crippen MR) is 100 cm³/mol. The zero-order valence-corrected chi connectivity index (χ0v) is 14.5. The van der Waals surface area contributed by atoms with E-state index in [2.05, 4.69) is 32.8 Å². The first-order valence-corrected chi connectivity index (χ1v) is 8.21. The molecule has 0 aliphatic rings. The van der Waals surface area contributed by atoms with E-state index in [0.717, 1.165) is 11.1 Å². The maximum atomic E-state index is 9.55. The molecule has 2 rings (SSSR count). The first-order valence-electron chi connectivity index (χ1n) is 6.82. The number of hydrogen-bond donors (Lipinski definition) is 3. The van der Waals surface area contributed by atoms with Crippen molar-refractivity contribution in [1.29, 1.82) is 5.26 Å². The second kappa shape index (κ2) is 8.16. The van der Waals surface area contributed by atoms with Gasteiger partial charge in [-0.1, -0.05) is 47.5 Å². The first-order chi connectivity index (χ1) is 11.5. The molecule has 0 saturated carbocycles. The van der Waals surface area contributed by atoms with Crippen LogP contribution in [0.25, 0.3) is 11.3 Å². The molecule has 0 radical (unpaired) electrons. The fourth-order valence-electron chi connectivity index (χ4n) is 1.85. The van der Waals surface area contributed by atoms with Crippen molar-refractivity contribution in [2.24, 2.45) is 5.73 Å². The van der Waals surface area contributed by atoms with Crippen molar-refractivity contribution in [2.45, 2.75) is 12.1 Å². The average Bonchev–Trinajstić information content (AvgIpc) is 2.58. The van der Waals surface area contributed by atoms with Crippen LogP contribution < -0.4 is 16.6 Å². The Balaban J connectivity index is 2.55. The molecule has 24 heavy (non-hydrogen) atoms. The maximum absolute atomic E-state index is 9.55. The molecule has 0 fully saturated rings. The molecule has 120 valence electrons. The second-order valence-electron chi connectivity index (χ2n) is 4.66. The number of aryl methyl sites for hydroxylation is 1. The molecule has 0 saturated heterocycles. The number of terminal acetylenes is 1. The van der Waals surface area contributed by atoms with Gasteiger partial charge in [0, 0.05) is 5.56 Å². The van der Waals surface area contributed by atoms with E-state index in [-0.39, 0.29) is 16.5 Å². The molecule has 8 heteroatoms.